The van der Waals surface area contributed by atoms with Crippen molar-refractivity contribution < 1.29 is 0 Å². The third kappa shape index (κ3) is 1.19. The number of fused-ring (bicyclic) bond motifs is 1. The summed E-state index contributed by atoms with van der Waals surface area (Å²) in [5, 5.41) is 3.37. The maximum absolute atomic E-state index is 4.12. The van der Waals surface area contributed by atoms with Crippen LogP contribution in [0.25, 0.3) is 10.6 Å². The molecule has 72 valence electrons. The lowest BCUT2D eigenvalue weighted by Crippen LogP contribution is -2.27. The maximum Gasteiger partial charge on any atom is 0.0798 e. The Kier molecular flexibility index (Phi) is 1.89. The van der Waals surface area contributed by atoms with Gasteiger partial charge in [0.05, 0.1) is 16.1 Å². The molecule has 2 aromatic rings. The van der Waals surface area contributed by atoms with Crippen molar-refractivity contribution in [2.24, 2.45) is 0 Å². The van der Waals surface area contributed by atoms with Gasteiger partial charge in [-0.1, -0.05) is 0 Å². The molecule has 3 rings (SSSR count). The minimum absolute atomic E-state index is 0.985. The molecule has 3 nitrogen and oxygen atoms in total. The largest absolute Gasteiger partial charge is 0.341 e. The predicted molar refractivity (Wildman–Crippen MR) is 57.2 cm³/mol. The fourth-order valence-corrected chi connectivity index (χ4v) is 2.55. The summed E-state index contributed by atoms with van der Waals surface area (Å²) in [6.07, 6.45) is 1.94. The van der Waals surface area contributed by atoms with Crippen molar-refractivity contribution in [3.63, 3.8) is 0 Å². The second kappa shape index (κ2) is 3.22. The van der Waals surface area contributed by atoms with Crippen molar-refractivity contribution in [3.05, 3.63) is 29.5 Å². The highest BCUT2D eigenvalue weighted by atomic mass is 32.1. The Hall–Kier alpha value is -1.13. The standard InChI is InChI=1S/C10H11N3S/c1-2-9(10-6-12-7-14-10)13-4-3-11-5-8(1)13/h1-2,6-7,11H,3-5H2. The molecule has 1 N–H and O–H groups in total. The molecule has 0 saturated carbocycles. The minimum atomic E-state index is 0.985. The number of nitrogens with zero attached hydrogens (tertiary/aromatic N) is 2. The van der Waals surface area contributed by atoms with Crippen LogP contribution in [0.15, 0.2) is 23.8 Å². The number of hydrogen-bond donors (Lipinski definition) is 1. The van der Waals surface area contributed by atoms with E-state index in [1.54, 1.807) is 11.3 Å². The van der Waals surface area contributed by atoms with Crippen LogP contribution >= 0.6 is 11.3 Å². The van der Waals surface area contributed by atoms with Crippen LogP contribution in [0.2, 0.25) is 0 Å². The molecule has 0 radical (unpaired) electrons. The molecule has 0 saturated heterocycles. The molecule has 0 spiro atoms. The lowest BCUT2D eigenvalue weighted by Gasteiger charge is -2.18. The summed E-state index contributed by atoms with van der Waals surface area (Å²) in [5.74, 6) is 0. The number of hydrogen-bond acceptors (Lipinski definition) is 3. The summed E-state index contributed by atoms with van der Waals surface area (Å²) < 4.78 is 2.38. The van der Waals surface area contributed by atoms with Crippen LogP contribution in [0.1, 0.15) is 5.69 Å². The zero-order valence-corrected chi connectivity index (χ0v) is 8.55. The fraction of sp³-hybridized carbons (Fsp3) is 0.300. The molecule has 4 heteroatoms. The molecular formula is C10H11N3S. The van der Waals surface area contributed by atoms with Crippen molar-refractivity contribution in [1.29, 1.82) is 0 Å². The Balaban J connectivity index is 2.11. The van der Waals surface area contributed by atoms with Gasteiger partial charge in [-0.2, -0.15) is 0 Å². The topological polar surface area (TPSA) is 29.9 Å². The van der Waals surface area contributed by atoms with Gasteiger partial charge in [0.2, 0.25) is 0 Å². The molecule has 0 unspecified atom stereocenters. The van der Waals surface area contributed by atoms with E-state index in [-0.39, 0.29) is 0 Å². The van der Waals surface area contributed by atoms with Crippen LogP contribution in [0.5, 0.6) is 0 Å². The summed E-state index contributed by atoms with van der Waals surface area (Å²) in [6, 6.07) is 4.39. The summed E-state index contributed by atoms with van der Waals surface area (Å²) in [7, 11) is 0. The normalized spacial score (nSPS) is 15.4. The summed E-state index contributed by atoms with van der Waals surface area (Å²) in [6.45, 7) is 3.11. The van der Waals surface area contributed by atoms with E-state index in [0.29, 0.717) is 0 Å². The van der Waals surface area contributed by atoms with Crippen LogP contribution in [0.3, 0.4) is 0 Å². The van der Waals surface area contributed by atoms with Gasteiger partial charge < -0.3 is 9.88 Å². The SMILES string of the molecule is c1ncc(-c2ccc3n2CCNC3)s1. The van der Waals surface area contributed by atoms with Crippen molar-refractivity contribution >= 4 is 11.3 Å². The van der Waals surface area contributed by atoms with E-state index in [4.69, 9.17) is 0 Å². The maximum atomic E-state index is 4.12. The van der Waals surface area contributed by atoms with Crippen LogP contribution in [-0.2, 0) is 13.1 Å². The third-order valence-corrected chi connectivity index (χ3v) is 3.37. The summed E-state index contributed by atoms with van der Waals surface area (Å²) >= 11 is 1.70. The average Bonchev–Trinajstić information content (AvgIpc) is 2.85. The Morgan fingerprint density at radius 1 is 1.43 bits per heavy atom. The van der Waals surface area contributed by atoms with E-state index in [0.717, 1.165) is 19.6 Å². The van der Waals surface area contributed by atoms with Gasteiger partial charge in [-0.3, -0.25) is 4.98 Å². The first-order valence-electron chi connectivity index (χ1n) is 4.73. The second-order valence-electron chi connectivity index (χ2n) is 3.40. The van der Waals surface area contributed by atoms with Crippen LogP contribution < -0.4 is 5.32 Å². The molecule has 0 aliphatic carbocycles. The molecule has 0 aromatic carbocycles. The minimum Gasteiger partial charge on any atom is -0.341 e. The fourth-order valence-electron chi connectivity index (χ4n) is 1.89. The second-order valence-corrected chi connectivity index (χ2v) is 4.29. The summed E-state index contributed by atoms with van der Waals surface area (Å²) in [4.78, 5) is 5.38. The van der Waals surface area contributed by atoms with Crippen molar-refractivity contribution in [3.8, 4) is 10.6 Å². The first-order valence-corrected chi connectivity index (χ1v) is 5.61. The first kappa shape index (κ1) is 8.20. The molecule has 1 aliphatic heterocycles. The summed E-state index contributed by atoms with van der Waals surface area (Å²) in [5.41, 5.74) is 4.57. The van der Waals surface area contributed by atoms with Crippen LogP contribution in [0.4, 0.5) is 0 Å². The highest BCUT2D eigenvalue weighted by molar-refractivity contribution is 7.13. The Labute approximate surface area is 86.4 Å². The molecule has 3 heterocycles. The van der Waals surface area contributed by atoms with Gasteiger partial charge in [0.15, 0.2) is 0 Å². The number of nitrogens with one attached hydrogen (secondary N) is 1. The van der Waals surface area contributed by atoms with E-state index in [1.165, 1.54) is 16.3 Å². The zero-order chi connectivity index (χ0) is 9.38. The smallest absolute Gasteiger partial charge is 0.0798 e. The molecule has 0 atom stereocenters. The lowest BCUT2D eigenvalue weighted by molar-refractivity contribution is 0.520. The molecule has 1 aliphatic rings. The third-order valence-electron chi connectivity index (χ3n) is 2.57. The van der Waals surface area contributed by atoms with E-state index in [2.05, 4.69) is 27.0 Å². The van der Waals surface area contributed by atoms with Gasteiger partial charge >= 0.3 is 0 Å². The van der Waals surface area contributed by atoms with Gasteiger partial charge in [0, 0.05) is 31.5 Å². The van der Waals surface area contributed by atoms with E-state index in [1.807, 2.05) is 11.7 Å². The van der Waals surface area contributed by atoms with E-state index < -0.39 is 0 Å². The zero-order valence-electron chi connectivity index (χ0n) is 7.73. The van der Waals surface area contributed by atoms with E-state index in [9.17, 15) is 0 Å². The highest BCUT2D eigenvalue weighted by Gasteiger charge is 2.13. The molecule has 0 amide bonds. The Bertz CT molecular complexity index is 430. The monoisotopic (exact) mass is 205 g/mol. The van der Waals surface area contributed by atoms with Gasteiger partial charge in [-0.15, -0.1) is 11.3 Å². The molecule has 14 heavy (non-hydrogen) atoms. The van der Waals surface area contributed by atoms with Gasteiger partial charge in [0.25, 0.3) is 0 Å². The highest BCUT2D eigenvalue weighted by Crippen LogP contribution is 2.26. The van der Waals surface area contributed by atoms with Crippen LogP contribution in [0, 0.1) is 0 Å². The molecule has 0 bridgehead atoms. The molecular weight excluding hydrogens is 194 g/mol. The average molecular weight is 205 g/mol. The predicted octanol–water partition coefficient (Wildman–Crippen LogP) is 1.71. The number of thiazole rings is 1. The number of aromatic nitrogens is 2. The number of rotatable bonds is 1. The first-order chi connectivity index (χ1) is 6.95. The van der Waals surface area contributed by atoms with Crippen molar-refractivity contribution in [1.82, 2.24) is 14.9 Å². The van der Waals surface area contributed by atoms with Gasteiger partial charge in [-0.25, -0.2) is 0 Å². The van der Waals surface area contributed by atoms with Crippen molar-refractivity contribution in [2.75, 3.05) is 6.54 Å². The van der Waals surface area contributed by atoms with Gasteiger partial charge in [-0.05, 0) is 12.1 Å². The van der Waals surface area contributed by atoms with Crippen LogP contribution in [-0.4, -0.2) is 16.1 Å². The quantitative estimate of drug-likeness (QED) is 0.768. The Morgan fingerprint density at radius 3 is 3.29 bits per heavy atom. The van der Waals surface area contributed by atoms with Crippen molar-refractivity contribution in [2.45, 2.75) is 13.1 Å². The molecule has 2 aromatic heterocycles. The molecule has 0 fully saturated rings. The van der Waals surface area contributed by atoms with E-state index >= 15 is 0 Å². The Morgan fingerprint density at radius 2 is 2.43 bits per heavy atom. The lowest BCUT2D eigenvalue weighted by atomic mass is 10.3. The van der Waals surface area contributed by atoms with Gasteiger partial charge in [0.1, 0.15) is 0 Å².